The number of unbranched alkanes of at least 4 members (excludes halogenated alkanes) is 1. The van der Waals surface area contributed by atoms with E-state index < -0.39 is 0 Å². The van der Waals surface area contributed by atoms with Crippen LogP contribution in [0.4, 0.5) is 4.39 Å². The molecule has 0 N–H and O–H groups in total. The molecule has 0 atom stereocenters. The minimum atomic E-state index is -0.292. The Labute approximate surface area is 201 Å². The van der Waals surface area contributed by atoms with Gasteiger partial charge in [0.2, 0.25) is 0 Å². The van der Waals surface area contributed by atoms with Crippen LogP contribution in [0.1, 0.15) is 31.0 Å². The SMILES string of the molecule is CCCCOc1ccc(-c2cc3c(=O)n(Cc4cn(Cc5cccc(F)c5)nn4)ccn3n2)cc1. The third-order valence-electron chi connectivity index (χ3n) is 5.67. The highest BCUT2D eigenvalue weighted by molar-refractivity contribution is 5.66. The smallest absolute Gasteiger partial charge is 0.276 e. The summed E-state index contributed by atoms with van der Waals surface area (Å²) >= 11 is 0. The number of nitrogens with zero attached hydrogens (tertiary/aromatic N) is 6. The van der Waals surface area contributed by atoms with Crippen LogP contribution in [-0.4, -0.2) is 35.8 Å². The number of aromatic nitrogens is 6. The van der Waals surface area contributed by atoms with Gasteiger partial charge < -0.3 is 9.30 Å². The summed E-state index contributed by atoms with van der Waals surface area (Å²) < 4.78 is 23.9. The molecule has 0 unspecified atom stereocenters. The molecule has 0 radical (unpaired) electrons. The summed E-state index contributed by atoms with van der Waals surface area (Å²) in [5, 5.41) is 12.8. The first-order valence-electron chi connectivity index (χ1n) is 11.5. The normalized spacial score (nSPS) is 11.3. The molecule has 178 valence electrons. The van der Waals surface area contributed by atoms with Gasteiger partial charge in [-0.05, 0) is 54.4 Å². The van der Waals surface area contributed by atoms with E-state index in [0.29, 0.717) is 30.1 Å². The summed E-state index contributed by atoms with van der Waals surface area (Å²) in [6.07, 6.45) is 7.30. The third kappa shape index (κ3) is 5.13. The van der Waals surface area contributed by atoms with Gasteiger partial charge >= 0.3 is 0 Å². The fraction of sp³-hybridized carbons (Fsp3) is 0.231. The number of hydrogen-bond acceptors (Lipinski definition) is 5. The van der Waals surface area contributed by atoms with Crippen LogP contribution in [0.2, 0.25) is 0 Å². The number of fused-ring (bicyclic) bond motifs is 1. The maximum Gasteiger partial charge on any atom is 0.276 e. The molecule has 5 rings (SSSR count). The largest absolute Gasteiger partial charge is 0.494 e. The van der Waals surface area contributed by atoms with E-state index in [9.17, 15) is 9.18 Å². The monoisotopic (exact) mass is 472 g/mol. The van der Waals surface area contributed by atoms with E-state index in [4.69, 9.17) is 4.74 Å². The molecule has 0 aliphatic rings. The van der Waals surface area contributed by atoms with Crippen LogP contribution in [0.5, 0.6) is 5.75 Å². The van der Waals surface area contributed by atoms with E-state index in [0.717, 1.165) is 29.7 Å². The van der Waals surface area contributed by atoms with Crippen molar-refractivity contribution in [1.82, 2.24) is 29.2 Å². The predicted molar refractivity (Wildman–Crippen MR) is 130 cm³/mol. The van der Waals surface area contributed by atoms with Crippen molar-refractivity contribution in [2.45, 2.75) is 32.9 Å². The second kappa shape index (κ2) is 9.92. The van der Waals surface area contributed by atoms with Crippen LogP contribution in [0.25, 0.3) is 16.8 Å². The van der Waals surface area contributed by atoms with Crippen molar-refractivity contribution in [3.8, 4) is 17.0 Å². The molecule has 35 heavy (non-hydrogen) atoms. The van der Waals surface area contributed by atoms with Crippen LogP contribution >= 0.6 is 0 Å². The number of hydrogen-bond donors (Lipinski definition) is 0. The zero-order valence-corrected chi connectivity index (χ0v) is 19.3. The molecule has 2 aromatic carbocycles. The van der Waals surface area contributed by atoms with E-state index in [1.54, 1.807) is 44.5 Å². The van der Waals surface area contributed by atoms with Gasteiger partial charge in [-0.15, -0.1) is 5.10 Å². The molecule has 8 nitrogen and oxygen atoms in total. The number of halogens is 1. The minimum Gasteiger partial charge on any atom is -0.494 e. The molecular weight excluding hydrogens is 447 g/mol. The summed E-state index contributed by atoms with van der Waals surface area (Å²) in [5.41, 5.74) is 3.32. The van der Waals surface area contributed by atoms with Crippen LogP contribution in [-0.2, 0) is 13.1 Å². The summed E-state index contributed by atoms with van der Waals surface area (Å²) in [4.78, 5) is 13.1. The topological polar surface area (TPSA) is 79.2 Å². The third-order valence-corrected chi connectivity index (χ3v) is 5.67. The average Bonchev–Trinajstić information content (AvgIpc) is 3.49. The molecule has 0 fully saturated rings. The van der Waals surface area contributed by atoms with Crippen molar-refractivity contribution >= 4 is 5.52 Å². The summed E-state index contributed by atoms with van der Waals surface area (Å²) in [7, 11) is 0. The summed E-state index contributed by atoms with van der Waals surface area (Å²) in [6.45, 7) is 3.49. The summed E-state index contributed by atoms with van der Waals surface area (Å²) in [5.74, 6) is 0.526. The van der Waals surface area contributed by atoms with Gasteiger partial charge in [0, 0.05) is 18.0 Å². The Bertz CT molecular complexity index is 1500. The molecule has 9 heteroatoms. The molecule has 0 spiro atoms. The Morgan fingerprint density at radius 1 is 1.03 bits per heavy atom. The predicted octanol–water partition coefficient (Wildman–Crippen LogP) is 4.17. The van der Waals surface area contributed by atoms with Crippen molar-refractivity contribution in [3.63, 3.8) is 0 Å². The Morgan fingerprint density at radius 2 is 1.89 bits per heavy atom. The second-order valence-corrected chi connectivity index (χ2v) is 8.35. The van der Waals surface area contributed by atoms with Gasteiger partial charge in [0.15, 0.2) is 0 Å². The maximum atomic E-state index is 13.4. The lowest BCUT2D eigenvalue weighted by molar-refractivity contribution is 0.309. The highest BCUT2D eigenvalue weighted by Crippen LogP contribution is 2.22. The van der Waals surface area contributed by atoms with Crippen LogP contribution < -0.4 is 10.3 Å². The molecular formula is C26H25FN6O2. The van der Waals surface area contributed by atoms with Gasteiger partial charge in [-0.2, -0.15) is 5.10 Å². The van der Waals surface area contributed by atoms with Crippen molar-refractivity contribution in [1.29, 1.82) is 0 Å². The lowest BCUT2D eigenvalue weighted by atomic mass is 10.1. The first-order valence-corrected chi connectivity index (χ1v) is 11.5. The highest BCUT2D eigenvalue weighted by atomic mass is 19.1. The minimum absolute atomic E-state index is 0.176. The van der Waals surface area contributed by atoms with Gasteiger partial charge in [-0.3, -0.25) is 4.79 Å². The van der Waals surface area contributed by atoms with Crippen LogP contribution in [0.3, 0.4) is 0 Å². The van der Waals surface area contributed by atoms with Crippen molar-refractivity contribution in [2.75, 3.05) is 6.61 Å². The van der Waals surface area contributed by atoms with Gasteiger partial charge in [0.25, 0.3) is 5.56 Å². The van der Waals surface area contributed by atoms with E-state index >= 15 is 0 Å². The zero-order valence-electron chi connectivity index (χ0n) is 19.3. The number of benzene rings is 2. The van der Waals surface area contributed by atoms with E-state index in [1.807, 2.05) is 30.3 Å². The Balaban J connectivity index is 1.32. The quantitative estimate of drug-likeness (QED) is 0.301. The average molecular weight is 473 g/mol. The zero-order chi connectivity index (χ0) is 24.2. The molecule has 0 bridgehead atoms. The lowest BCUT2D eigenvalue weighted by Gasteiger charge is -2.05. The molecule has 3 heterocycles. The van der Waals surface area contributed by atoms with Crippen molar-refractivity contribution in [3.05, 3.63) is 101 Å². The van der Waals surface area contributed by atoms with E-state index in [-0.39, 0.29) is 17.9 Å². The lowest BCUT2D eigenvalue weighted by Crippen LogP contribution is -2.21. The first-order chi connectivity index (χ1) is 17.1. The fourth-order valence-corrected chi connectivity index (χ4v) is 3.83. The molecule has 3 aromatic heterocycles. The van der Waals surface area contributed by atoms with Gasteiger partial charge in [-0.1, -0.05) is 30.7 Å². The molecule has 0 aliphatic carbocycles. The highest BCUT2D eigenvalue weighted by Gasteiger charge is 2.11. The van der Waals surface area contributed by atoms with E-state index in [1.165, 1.54) is 12.1 Å². The van der Waals surface area contributed by atoms with Crippen molar-refractivity contribution < 1.29 is 9.13 Å². The van der Waals surface area contributed by atoms with Gasteiger partial charge in [-0.25, -0.2) is 13.6 Å². The van der Waals surface area contributed by atoms with Crippen LogP contribution in [0.15, 0.2) is 78.0 Å². The molecule has 0 saturated heterocycles. The number of rotatable bonds is 9. The standard InChI is InChI=1S/C26H25FN6O2/c1-2-3-13-35-23-9-7-20(8-10-23)24-15-25-26(34)31(11-12-33(25)29-24)17-22-18-32(30-28-22)16-19-5-4-6-21(27)14-19/h4-12,14-15,18H,2-3,13,16-17H2,1H3. The second-order valence-electron chi connectivity index (χ2n) is 8.35. The fourth-order valence-electron chi connectivity index (χ4n) is 3.83. The van der Waals surface area contributed by atoms with Gasteiger partial charge in [0.05, 0.1) is 31.6 Å². The number of ether oxygens (including phenoxy) is 1. The Kier molecular flexibility index (Phi) is 6.38. The molecule has 0 amide bonds. The van der Waals surface area contributed by atoms with Gasteiger partial charge in [0.1, 0.15) is 22.8 Å². The Hall–Kier alpha value is -4.27. The van der Waals surface area contributed by atoms with Crippen molar-refractivity contribution in [2.24, 2.45) is 0 Å². The van der Waals surface area contributed by atoms with Crippen LogP contribution in [0, 0.1) is 5.82 Å². The summed E-state index contributed by atoms with van der Waals surface area (Å²) in [6, 6.07) is 15.9. The Morgan fingerprint density at radius 3 is 2.69 bits per heavy atom. The maximum absolute atomic E-state index is 13.4. The first kappa shape index (κ1) is 22.5. The molecule has 0 aliphatic heterocycles. The molecule has 5 aromatic rings. The molecule has 0 saturated carbocycles. The van der Waals surface area contributed by atoms with E-state index in [2.05, 4.69) is 22.3 Å².